The van der Waals surface area contributed by atoms with Crippen LogP contribution in [-0.4, -0.2) is 31.7 Å². The number of aliphatic imine (C=N–C) groups is 1. The molecule has 0 aliphatic carbocycles. The van der Waals surface area contributed by atoms with E-state index in [9.17, 15) is 0 Å². The van der Waals surface area contributed by atoms with Gasteiger partial charge in [-0.1, -0.05) is 18.7 Å². The van der Waals surface area contributed by atoms with E-state index in [2.05, 4.69) is 41.3 Å². The smallest absolute Gasteiger partial charge is 0.157 e. The maximum atomic E-state index is 4.56. The Morgan fingerprint density at radius 1 is 1.59 bits per heavy atom. The topological polar surface area (TPSA) is 55.1 Å². The molecule has 6 heteroatoms. The molecule has 2 rings (SSSR count). The van der Waals surface area contributed by atoms with Gasteiger partial charge in [0.2, 0.25) is 0 Å². The van der Waals surface area contributed by atoms with Crippen LogP contribution in [0.15, 0.2) is 11.3 Å². The molecule has 0 radical (unpaired) electrons. The van der Waals surface area contributed by atoms with Crippen molar-refractivity contribution < 1.29 is 0 Å². The second kappa shape index (κ2) is 5.53. The van der Waals surface area contributed by atoms with Gasteiger partial charge in [0.25, 0.3) is 0 Å². The van der Waals surface area contributed by atoms with E-state index < -0.39 is 0 Å². The van der Waals surface area contributed by atoms with Crippen molar-refractivity contribution in [2.24, 2.45) is 10.9 Å². The molecule has 1 aromatic rings. The molecule has 5 nitrogen and oxygen atoms in total. The summed E-state index contributed by atoms with van der Waals surface area (Å²) in [6.45, 7) is 8.03. The summed E-state index contributed by atoms with van der Waals surface area (Å²) in [5, 5.41) is 12.4. The second-order valence-electron chi connectivity index (χ2n) is 4.38. The molecule has 1 aromatic heterocycles. The first-order chi connectivity index (χ1) is 8.20. The zero-order valence-corrected chi connectivity index (χ0v) is 11.4. The van der Waals surface area contributed by atoms with E-state index in [1.54, 1.807) is 18.1 Å². The number of hydrogen-bond acceptors (Lipinski definition) is 4. The Kier molecular flexibility index (Phi) is 4.04. The zero-order valence-electron chi connectivity index (χ0n) is 10.6. The van der Waals surface area contributed by atoms with Crippen molar-refractivity contribution in [2.75, 3.05) is 5.75 Å². The van der Waals surface area contributed by atoms with Crippen LogP contribution in [0.4, 0.5) is 0 Å². The fourth-order valence-electron chi connectivity index (χ4n) is 1.63. The number of amidine groups is 1. The standard InChI is InChI=1S/C11H19N5S/c1-4-16-7-13-15-10(16)5-12-11-14-9(3)8(2)6-17-11/h7-9H,4-6H2,1-3H3,(H,12,14). The van der Waals surface area contributed by atoms with Crippen LogP contribution < -0.4 is 5.32 Å². The van der Waals surface area contributed by atoms with Gasteiger partial charge in [-0.3, -0.25) is 4.99 Å². The van der Waals surface area contributed by atoms with Gasteiger partial charge in [0.15, 0.2) is 11.0 Å². The molecule has 0 amide bonds. The van der Waals surface area contributed by atoms with Crippen LogP contribution in [0.5, 0.6) is 0 Å². The molecule has 2 atom stereocenters. The summed E-state index contributed by atoms with van der Waals surface area (Å²) >= 11 is 1.79. The third-order valence-corrected chi connectivity index (χ3v) is 4.30. The summed E-state index contributed by atoms with van der Waals surface area (Å²) in [6.07, 6.45) is 1.75. The number of thioether (sulfide) groups is 1. The highest BCUT2D eigenvalue weighted by Gasteiger charge is 2.20. The number of nitrogens with one attached hydrogen (secondary N) is 1. The van der Waals surface area contributed by atoms with Gasteiger partial charge in [-0.2, -0.15) is 0 Å². The number of aromatic nitrogens is 3. The van der Waals surface area contributed by atoms with Crippen LogP contribution in [0.3, 0.4) is 0 Å². The number of aryl methyl sites for hydroxylation is 1. The van der Waals surface area contributed by atoms with Crippen LogP contribution in [0.2, 0.25) is 0 Å². The maximum absolute atomic E-state index is 4.56. The minimum atomic E-state index is 0.499. The van der Waals surface area contributed by atoms with Crippen molar-refractivity contribution in [1.29, 1.82) is 0 Å². The van der Waals surface area contributed by atoms with Gasteiger partial charge >= 0.3 is 0 Å². The largest absolute Gasteiger partial charge is 0.362 e. The molecule has 1 aliphatic rings. The summed E-state index contributed by atoms with van der Waals surface area (Å²) in [6, 6.07) is 0.499. The predicted molar refractivity (Wildman–Crippen MR) is 71.1 cm³/mol. The van der Waals surface area contributed by atoms with Crippen LogP contribution >= 0.6 is 11.8 Å². The molecule has 0 spiro atoms. The Morgan fingerprint density at radius 3 is 3.12 bits per heavy atom. The lowest BCUT2D eigenvalue weighted by Crippen LogP contribution is -2.41. The molecule has 17 heavy (non-hydrogen) atoms. The van der Waals surface area contributed by atoms with Crippen molar-refractivity contribution in [3.05, 3.63) is 12.2 Å². The molecule has 0 saturated carbocycles. The summed E-state index contributed by atoms with van der Waals surface area (Å²) in [4.78, 5) is 4.56. The minimum Gasteiger partial charge on any atom is -0.362 e. The second-order valence-corrected chi connectivity index (χ2v) is 5.38. The Morgan fingerprint density at radius 2 is 2.41 bits per heavy atom. The van der Waals surface area contributed by atoms with Crippen molar-refractivity contribution in [2.45, 2.75) is 39.9 Å². The monoisotopic (exact) mass is 253 g/mol. The molecule has 1 N–H and O–H groups in total. The van der Waals surface area contributed by atoms with Gasteiger partial charge in [0, 0.05) is 18.3 Å². The molecule has 0 aromatic carbocycles. The highest BCUT2D eigenvalue weighted by Crippen LogP contribution is 2.19. The predicted octanol–water partition coefficient (Wildman–Crippen LogP) is 1.51. The average molecular weight is 253 g/mol. The summed E-state index contributed by atoms with van der Waals surface area (Å²) in [7, 11) is 0. The average Bonchev–Trinajstić information content (AvgIpc) is 2.78. The first-order valence-electron chi connectivity index (χ1n) is 6.01. The fourth-order valence-corrected chi connectivity index (χ4v) is 2.77. The SMILES string of the molecule is CCn1cnnc1CN=C1NC(C)C(C)CS1. The van der Waals surface area contributed by atoms with E-state index in [-0.39, 0.29) is 0 Å². The maximum Gasteiger partial charge on any atom is 0.157 e. The number of hydrogen-bond donors (Lipinski definition) is 1. The summed E-state index contributed by atoms with van der Waals surface area (Å²) < 4.78 is 2.02. The molecule has 2 heterocycles. The van der Waals surface area contributed by atoms with Crippen molar-refractivity contribution in [3.8, 4) is 0 Å². The Bertz CT molecular complexity index is 400. The fraction of sp³-hybridized carbons (Fsp3) is 0.727. The third-order valence-electron chi connectivity index (χ3n) is 3.09. The van der Waals surface area contributed by atoms with Gasteiger partial charge in [-0.25, -0.2) is 0 Å². The Hall–Kier alpha value is -1.04. The zero-order chi connectivity index (χ0) is 12.3. The van der Waals surface area contributed by atoms with Crippen molar-refractivity contribution >= 4 is 16.9 Å². The van der Waals surface area contributed by atoms with Gasteiger partial charge in [0.1, 0.15) is 12.9 Å². The van der Waals surface area contributed by atoms with E-state index in [1.807, 2.05) is 4.57 Å². The van der Waals surface area contributed by atoms with Gasteiger partial charge in [-0.05, 0) is 19.8 Å². The lowest BCUT2D eigenvalue weighted by Gasteiger charge is -2.28. The van der Waals surface area contributed by atoms with Crippen LogP contribution in [0.1, 0.15) is 26.6 Å². The summed E-state index contributed by atoms with van der Waals surface area (Å²) in [5.41, 5.74) is 0. The quantitative estimate of drug-likeness (QED) is 0.887. The number of rotatable bonds is 3. The molecule has 94 valence electrons. The van der Waals surface area contributed by atoms with E-state index in [1.165, 1.54) is 0 Å². The van der Waals surface area contributed by atoms with Gasteiger partial charge in [-0.15, -0.1) is 10.2 Å². The molecular formula is C11H19N5S. The van der Waals surface area contributed by atoms with Gasteiger partial charge < -0.3 is 9.88 Å². The molecule has 1 fully saturated rings. The van der Waals surface area contributed by atoms with E-state index in [0.29, 0.717) is 18.5 Å². The highest BCUT2D eigenvalue weighted by molar-refractivity contribution is 8.13. The Labute approximate surface area is 106 Å². The van der Waals surface area contributed by atoms with Crippen LogP contribution in [0, 0.1) is 5.92 Å². The van der Waals surface area contributed by atoms with E-state index in [4.69, 9.17) is 0 Å². The van der Waals surface area contributed by atoms with E-state index in [0.717, 1.165) is 23.3 Å². The first-order valence-corrected chi connectivity index (χ1v) is 6.99. The minimum absolute atomic E-state index is 0.499. The van der Waals surface area contributed by atoms with Crippen molar-refractivity contribution in [3.63, 3.8) is 0 Å². The lowest BCUT2D eigenvalue weighted by molar-refractivity contribution is 0.489. The third kappa shape index (κ3) is 3.00. The molecule has 2 unspecified atom stereocenters. The van der Waals surface area contributed by atoms with E-state index >= 15 is 0 Å². The highest BCUT2D eigenvalue weighted by atomic mass is 32.2. The summed E-state index contributed by atoms with van der Waals surface area (Å²) in [5.74, 6) is 2.75. The van der Waals surface area contributed by atoms with Crippen LogP contribution in [-0.2, 0) is 13.1 Å². The lowest BCUT2D eigenvalue weighted by atomic mass is 10.1. The van der Waals surface area contributed by atoms with Crippen molar-refractivity contribution in [1.82, 2.24) is 20.1 Å². The molecule has 1 saturated heterocycles. The van der Waals surface area contributed by atoms with Gasteiger partial charge in [0.05, 0.1) is 0 Å². The number of nitrogens with zero attached hydrogens (tertiary/aromatic N) is 4. The first kappa shape index (κ1) is 12.4. The molecule has 1 aliphatic heterocycles. The molecular weight excluding hydrogens is 234 g/mol. The van der Waals surface area contributed by atoms with Crippen LogP contribution in [0.25, 0.3) is 0 Å². The normalized spacial score (nSPS) is 27.1. The molecule has 0 bridgehead atoms. The Balaban J connectivity index is 1.97.